The molecule has 27 heteroatoms. The lowest BCUT2D eigenvalue weighted by molar-refractivity contribution is 0.0680. The summed E-state index contributed by atoms with van der Waals surface area (Å²) in [5.41, 5.74) is 5.46. The quantitative estimate of drug-likeness (QED) is 0.0171. The molecule has 0 atom stereocenters. The Morgan fingerprint density at radius 1 is 0.436 bits per heavy atom. The number of rotatable bonds is 18. The Balaban J connectivity index is 0.000000181. The zero-order valence-electron chi connectivity index (χ0n) is 49.2. The number of carbonyl (C=O) groups is 6. The topological polar surface area (TPSA) is 332 Å². The Bertz CT molecular complexity index is 4110. The number of nitrogens with one attached hydrogen (secondary N) is 6. The van der Waals surface area contributed by atoms with Crippen LogP contribution in [0.2, 0.25) is 20.1 Å². The number of ketones is 3. The van der Waals surface area contributed by atoms with Gasteiger partial charge in [0.05, 0.1) is 18.2 Å². The van der Waals surface area contributed by atoms with E-state index >= 15 is 0 Å². The Morgan fingerprint density at radius 2 is 0.745 bits per heavy atom. The molecular weight excluding hydrogens is 1420 g/mol. The molecule has 10 N–H and O–H groups in total. The summed E-state index contributed by atoms with van der Waals surface area (Å²) in [5, 5.41) is 33.2. The SMILES string of the molecule is N=C(ON)c1ccc(C(=O)Cc2ccc(Cl)cc2C(=O)Nc2ccc(Br)cn2)cc1.N=C(ON)c1ccc(C(=O)Cc2ccc(Cl)cc2C(=O)Nc2ccc(Cl)cn2)cc1.N=C(c1ccc(C(=O)Cc2ccc(Cl)cc2C(=O)Nc2ccc(Br)cn2)cc1)N1CCOCC1. The maximum Gasteiger partial charge on any atom is 0.257 e. The van der Waals surface area contributed by atoms with E-state index in [1.54, 1.807) is 164 Å². The number of carbonyl (C=O) groups excluding carboxylic acids is 6. The van der Waals surface area contributed by atoms with Gasteiger partial charge in [0.2, 0.25) is 11.8 Å². The van der Waals surface area contributed by atoms with Crippen molar-refractivity contribution >= 4 is 148 Å². The number of morpholine rings is 1. The summed E-state index contributed by atoms with van der Waals surface area (Å²) < 4.78 is 6.92. The van der Waals surface area contributed by atoms with Gasteiger partial charge in [-0.15, -0.1) is 0 Å². The Hall–Kier alpha value is -9.40. The van der Waals surface area contributed by atoms with Crippen LogP contribution < -0.4 is 27.7 Å². The van der Waals surface area contributed by atoms with Crippen molar-refractivity contribution in [2.75, 3.05) is 42.3 Å². The average Bonchev–Trinajstić information content (AvgIpc) is 0.862. The highest BCUT2D eigenvalue weighted by Gasteiger charge is 2.22. The third-order valence-electron chi connectivity index (χ3n) is 13.9. The molecule has 0 saturated carbocycles. The van der Waals surface area contributed by atoms with Gasteiger partial charge in [0.25, 0.3) is 17.7 Å². The second-order valence-corrected chi connectivity index (χ2v) is 23.8. The first-order chi connectivity index (χ1) is 45.1. The smallest absolute Gasteiger partial charge is 0.257 e. The van der Waals surface area contributed by atoms with Crippen LogP contribution in [0.25, 0.3) is 0 Å². The fourth-order valence-corrected chi connectivity index (χ4v) is 10.1. The number of anilines is 3. The second-order valence-electron chi connectivity index (χ2n) is 20.2. The van der Waals surface area contributed by atoms with Gasteiger partial charge in [0, 0.05) is 125 Å². The molecule has 3 amide bonds. The summed E-state index contributed by atoms with van der Waals surface area (Å²) >= 11 is 30.7. The number of nitrogens with zero attached hydrogens (tertiary/aromatic N) is 4. The molecule has 478 valence electrons. The number of amides is 3. The fourth-order valence-electron chi connectivity index (χ4n) is 9.00. The van der Waals surface area contributed by atoms with Gasteiger partial charge in [-0.3, -0.25) is 45.0 Å². The van der Waals surface area contributed by atoms with Crippen LogP contribution in [0.4, 0.5) is 17.5 Å². The minimum absolute atomic E-state index is 0.00211. The number of ether oxygens (including phenoxy) is 1. The molecule has 21 nitrogen and oxygen atoms in total. The predicted molar refractivity (Wildman–Crippen MR) is 368 cm³/mol. The number of amidine groups is 1. The number of hydrogen-bond donors (Lipinski definition) is 8. The molecule has 1 saturated heterocycles. The van der Waals surface area contributed by atoms with Crippen molar-refractivity contribution in [2.24, 2.45) is 11.8 Å². The first-order valence-corrected chi connectivity index (χ1v) is 31.1. The van der Waals surface area contributed by atoms with Crippen molar-refractivity contribution in [1.82, 2.24) is 19.9 Å². The lowest BCUT2D eigenvalue weighted by Gasteiger charge is -2.29. The zero-order valence-corrected chi connectivity index (χ0v) is 55.4. The first kappa shape index (κ1) is 70.5. The lowest BCUT2D eigenvalue weighted by Crippen LogP contribution is -2.40. The summed E-state index contributed by atoms with van der Waals surface area (Å²) in [6.07, 6.45) is 4.58. The van der Waals surface area contributed by atoms with Gasteiger partial charge >= 0.3 is 0 Å². The van der Waals surface area contributed by atoms with Gasteiger partial charge in [-0.25, -0.2) is 15.0 Å². The molecule has 10 rings (SSSR count). The Morgan fingerprint density at radius 3 is 1.05 bits per heavy atom. The van der Waals surface area contributed by atoms with Crippen molar-refractivity contribution < 1.29 is 43.2 Å². The van der Waals surface area contributed by atoms with E-state index in [1.807, 2.05) is 4.90 Å². The van der Waals surface area contributed by atoms with Gasteiger partial charge < -0.3 is 35.3 Å². The molecule has 0 bridgehead atoms. The maximum absolute atomic E-state index is 13.0. The first-order valence-electron chi connectivity index (χ1n) is 28.0. The van der Waals surface area contributed by atoms with Crippen LogP contribution in [0.15, 0.2) is 191 Å². The number of aromatic nitrogens is 3. The second kappa shape index (κ2) is 34.0. The molecule has 94 heavy (non-hydrogen) atoms. The molecule has 0 radical (unpaired) electrons. The van der Waals surface area contributed by atoms with Crippen molar-refractivity contribution in [3.05, 3.63) is 278 Å². The van der Waals surface area contributed by atoms with Gasteiger partial charge in [0.1, 0.15) is 23.3 Å². The number of benzene rings is 6. The van der Waals surface area contributed by atoms with Crippen molar-refractivity contribution in [3.8, 4) is 0 Å². The van der Waals surface area contributed by atoms with Crippen LogP contribution in [0.3, 0.4) is 0 Å². The highest BCUT2D eigenvalue weighted by atomic mass is 79.9. The highest BCUT2D eigenvalue weighted by molar-refractivity contribution is 9.10. The van der Waals surface area contributed by atoms with Crippen molar-refractivity contribution in [2.45, 2.75) is 19.3 Å². The van der Waals surface area contributed by atoms with E-state index in [1.165, 1.54) is 18.3 Å². The van der Waals surface area contributed by atoms with Crippen LogP contribution in [0.5, 0.6) is 0 Å². The number of nitrogens with two attached hydrogens (primary N) is 2. The summed E-state index contributed by atoms with van der Waals surface area (Å²) in [4.78, 5) is 99.8. The largest absolute Gasteiger partial charge is 0.391 e. The van der Waals surface area contributed by atoms with Gasteiger partial charge in [0.15, 0.2) is 17.3 Å². The molecule has 9 aromatic rings. The molecule has 1 fully saturated rings. The van der Waals surface area contributed by atoms with Crippen molar-refractivity contribution in [3.63, 3.8) is 0 Å². The van der Waals surface area contributed by atoms with Crippen LogP contribution in [-0.4, -0.2) is 98.9 Å². The van der Waals surface area contributed by atoms with Gasteiger partial charge in [-0.1, -0.05) is 113 Å². The van der Waals surface area contributed by atoms with E-state index in [9.17, 15) is 28.8 Å². The number of hydrogen-bond acceptors (Lipinski definition) is 17. The molecule has 0 aliphatic carbocycles. The van der Waals surface area contributed by atoms with E-state index in [0.717, 1.165) is 14.5 Å². The summed E-state index contributed by atoms with van der Waals surface area (Å²) in [6, 6.07) is 44.0. The molecule has 4 heterocycles. The Kier molecular flexibility index (Phi) is 25.5. The lowest BCUT2D eigenvalue weighted by atomic mass is 9.97. The van der Waals surface area contributed by atoms with Gasteiger partial charge in [-0.2, -0.15) is 11.8 Å². The molecule has 3 aromatic heterocycles. The van der Waals surface area contributed by atoms with E-state index < -0.39 is 17.7 Å². The molecular formula is C67H54Br2Cl4N12O9. The fraction of sp³-hybridized carbons (Fsp3) is 0.104. The molecule has 6 aromatic carbocycles. The van der Waals surface area contributed by atoms with Crippen LogP contribution >= 0.6 is 78.3 Å². The van der Waals surface area contributed by atoms with Gasteiger partial charge in [-0.05, 0) is 146 Å². The van der Waals surface area contributed by atoms with E-state index in [-0.39, 0.29) is 59.5 Å². The van der Waals surface area contributed by atoms with Crippen molar-refractivity contribution in [1.29, 1.82) is 16.2 Å². The normalized spacial score (nSPS) is 11.5. The van der Waals surface area contributed by atoms with E-state index in [4.69, 9.17) is 79.2 Å². The highest BCUT2D eigenvalue weighted by Crippen LogP contribution is 2.25. The average molecular weight is 1470 g/mol. The zero-order chi connectivity index (χ0) is 67.4. The number of Topliss-reactive ketones (excluding diaryl/α,β-unsaturated/α-hetero) is 3. The standard InChI is InChI=1S/C25H22BrClN4O3.C21H16BrClN4O3.C21H16Cl2N4O3/c26-19-6-8-23(29-15-19)30-25(33)21-14-20(27)7-5-18(21)13-22(32)16-1-3-17(4-2-16)24(28)31-9-11-34-12-10-31;22-15-6-8-19(26-11-15)27-21(29)17-10-16(23)7-5-14(17)9-18(28)12-1-3-13(4-2-12)20(24)30-25;22-15-6-5-14(9-18(28)12-1-3-13(4-2-12)20(24)30-25)17(10-15)21(29)27-19-8-7-16(23)11-26-19/h1-8,14-15,28H,9-13H2,(H,29,30,33);2*1-8,10-11,24H,9,25H2,(H,26,27,29). The minimum atomic E-state index is -0.445. The molecule has 1 aliphatic heterocycles. The van der Waals surface area contributed by atoms with E-state index in [2.05, 4.69) is 72.4 Å². The molecule has 0 spiro atoms. The monoisotopic (exact) mass is 1470 g/mol. The number of halogens is 6. The van der Waals surface area contributed by atoms with E-state index in [0.29, 0.717) is 120 Å². The molecule has 0 unspecified atom stereocenters. The van der Waals surface area contributed by atoms with Crippen LogP contribution in [0, 0.1) is 16.2 Å². The molecule has 1 aliphatic rings. The Labute approximate surface area is 575 Å². The maximum atomic E-state index is 13.0. The summed E-state index contributed by atoms with van der Waals surface area (Å²) in [7, 11) is 0. The third-order valence-corrected chi connectivity index (χ3v) is 15.8. The predicted octanol–water partition coefficient (Wildman–Crippen LogP) is 13.5. The third kappa shape index (κ3) is 20.1. The minimum Gasteiger partial charge on any atom is -0.391 e. The van der Waals surface area contributed by atoms with Crippen LogP contribution in [0.1, 0.15) is 95.5 Å². The summed E-state index contributed by atoms with van der Waals surface area (Å²) in [5.74, 6) is 9.25. The van der Waals surface area contributed by atoms with Crippen LogP contribution in [-0.2, 0) is 33.7 Å². The summed E-state index contributed by atoms with van der Waals surface area (Å²) in [6.45, 7) is 2.56. The number of pyridine rings is 3.